The first-order chi connectivity index (χ1) is 6.83. The Morgan fingerprint density at radius 3 is 2.71 bits per heavy atom. The first-order valence-electron chi connectivity index (χ1n) is 4.16. The molecule has 1 heterocycles. The lowest BCUT2D eigenvalue weighted by Gasteiger charge is -2.05. The van der Waals surface area contributed by atoms with Crippen molar-refractivity contribution in [1.82, 2.24) is 5.16 Å². The second-order valence-corrected chi connectivity index (χ2v) is 2.80. The molecule has 0 aliphatic carbocycles. The number of nitrogens with zero attached hydrogens (tertiary/aromatic N) is 1. The van der Waals surface area contributed by atoms with Crippen molar-refractivity contribution < 1.29 is 9.26 Å². The molecule has 14 heavy (non-hydrogen) atoms. The maximum atomic E-state index is 5.61. The zero-order chi connectivity index (χ0) is 9.97. The molecule has 0 saturated carbocycles. The molecule has 72 valence electrons. The molecular formula is C10H10N2O2. The summed E-state index contributed by atoms with van der Waals surface area (Å²) in [5, 5.41) is 3.62. The van der Waals surface area contributed by atoms with Gasteiger partial charge in [-0.1, -0.05) is 23.4 Å². The number of benzene rings is 1. The fourth-order valence-electron chi connectivity index (χ4n) is 1.32. The summed E-state index contributed by atoms with van der Waals surface area (Å²) in [6.07, 6.45) is 1.58. The van der Waals surface area contributed by atoms with Crippen LogP contribution in [0.2, 0.25) is 0 Å². The molecule has 0 fully saturated rings. The molecule has 0 atom stereocenters. The molecule has 0 bridgehead atoms. The number of nitrogen functional groups attached to an aromatic ring is 1. The Labute approximate surface area is 81.3 Å². The highest BCUT2D eigenvalue weighted by molar-refractivity contribution is 5.76. The zero-order valence-corrected chi connectivity index (χ0v) is 7.73. The van der Waals surface area contributed by atoms with E-state index in [1.54, 1.807) is 13.3 Å². The van der Waals surface area contributed by atoms with E-state index in [4.69, 9.17) is 15.0 Å². The van der Waals surface area contributed by atoms with Gasteiger partial charge in [-0.25, -0.2) is 0 Å². The number of aromatic nitrogens is 1. The summed E-state index contributed by atoms with van der Waals surface area (Å²) < 4.78 is 9.99. The van der Waals surface area contributed by atoms with Gasteiger partial charge in [0.05, 0.1) is 18.9 Å². The second-order valence-electron chi connectivity index (χ2n) is 2.80. The normalized spacial score (nSPS) is 10.1. The quantitative estimate of drug-likeness (QED) is 0.786. The van der Waals surface area contributed by atoms with Crippen LogP contribution in [-0.2, 0) is 0 Å². The Bertz CT molecular complexity index is 437. The van der Waals surface area contributed by atoms with Crippen LogP contribution in [0, 0.1) is 0 Å². The smallest absolute Gasteiger partial charge is 0.230 e. The Hall–Kier alpha value is -1.97. The van der Waals surface area contributed by atoms with Crippen LogP contribution in [0.1, 0.15) is 0 Å². The molecule has 0 radical (unpaired) electrons. The third kappa shape index (κ3) is 1.31. The summed E-state index contributed by atoms with van der Waals surface area (Å²) in [6.45, 7) is 0. The van der Waals surface area contributed by atoms with Gasteiger partial charge < -0.3 is 15.0 Å². The molecule has 0 aliphatic rings. The molecule has 2 aromatic rings. The standard InChI is InChI=1S/C10H10N2O2/c1-13-9-5-3-2-4-7(9)8-6-12-14-10(8)11/h2-6H,11H2,1H3. The fraction of sp³-hybridized carbons (Fsp3) is 0.100. The lowest BCUT2D eigenvalue weighted by molar-refractivity contribution is 0.416. The van der Waals surface area contributed by atoms with E-state index in [2.05, 4.69) is 5.16 Å². The highest BCUT2D eigenvalue weighted by atomic mass is 16.5. The minimum atomic E-state index is 0.300. The first kappa shape index (κ1) is 8.62. The average molecular weight is 190 g/mol. The Morgan fingerprint density at radius 2 is 2.07 bits per heavy atom. The SMILES string of the molecule is COc1ccccc1-c1cnoc1N. The topological polar surface area (TPSA) is 61.3 Å². The van der Waals surface area contributed by atoms with Crippen molar-refractivity contribution in [2.24, 2.45) is 0 Å². The monoisotopic (exact) mass is 190 g/mol. The molecule has 0 amide bonds. The Morgan fingerprint density at radius 1 is 1.29 bits per heavy atom. The van der Waals surface area contributed by atoms with Gasteiger partial charge in [0, 0.05) is 5.56 Å². The molecule has 0 spiro atoms. The van der Waals surface area contributed by atoms with Crippen LogP contribution in [0.3, 0.4) is 0 Å². The van der Waals surface area contributed by atoms with Crippen LogP contribution in [0.4, 0.5) is 5.88 Å². The molecule has 2 rings (SSSR count). The van der Waals surface area contributed by atoms with Gasteiger partial charge in [-0.3, -0.25) is 0 Å². The lowest BCUT2D eigenvalue weighted by Crippen LogP contribution is -1.89. The molecular weight excluding hydrogens is 180 g/mol. The van der Waals surface area contributed by atoms with Crippen molar-refractivity contribution in [2.75, 3.05) is 12.8 Å². The number of para-hydroxylation sites is 1. The fourth-order valence-corrected chi connectivity index (χ4v) is 1.32. The van der Waals surface area contributed by atoms with Crippen molar-refractivity contribution in [3.8, 4) is 16.9 Å². The van der Waals surface area contributed by atoms with Gasteiger partial charge in [-0.15, -0.1) is 0 Å². The number of rotatable bonds is 2. The van der Waals surface area contributed by atoms with Gasteiger partial charge in [0.2, 0.25) is 5.88 Å². The van der Waals surface area contributed by atoms with Crippen molar-refractivity contribution in [1.29, 1.82) is 0 Å². The van der Waals surface area contributed by atoms with Crippen LogP contribution in [0.5, 0.6) is 5.75 Å². The summed E-state index contributed by atoms with van der Waals surface area (Å²) in [4.78, 5) is 0. The molecule has 4 nitrogen and oxygen atoms in total. The van der Waals surface area contributed by atoms with Crippen LogP contribution in [0.25, 0.3) is 11.1 Å². The summed E-state index contributed by atoms with van der Waals surface area (Å²) in [5.74, 6) is 1.05. The average Bonchev–Trinajstić information content (AvgIpc) is 2.64. The van der Waals surface area contributed by atoms with Crippen molar-refractivity contribution in [3.05, 3.63) is 30.5 Å². The number of nitrogens with two attached hydrogens (primary N) is 1. The largest absolute Gasteiger partial charge is 0.496 e. The number of hydrogen-bond donors (Lipinski definition) is 1. The lowest BCUT2D eigenvalue weighted by atomic mass is 10.1. The number of hydrogen-bond acceptors (Lipinski definition) is 4. The third-order valence-electron chi connectivity index (χ3n) is 2.00. The molecule has 1 aromatic heterocycles. The van der Waals surface area contributed by atoms with Crippen molar-refractivity contribution in [3.63, 3.8) is 0 Å². The predicted molar refractivity (Wildman–Crippen MR) is 52.9 cm³/mol. The second kappa shape index (κ2) is 3.41. The van der Waals surface area contributed by atoms with Gasteiger partial charge in [-0.05, 0) is 6.07 Å². The van der Waals surface area contributed by atoms with E-state index in [1.807, 2.05) is 24.3 Å². The van der Waals surface area contributed by atoms with Crippen LogP contribution >= 0.6 is 0 Å². The van der Waals surface area contributed by atoms with E-state index in [9.17, 15) is 0 Å². The minimum absolute atomic E-state index is 0.300. The van der Waals surface area contributed by atoms with Crippen LogP contribution in [-0.4, -0.2) is 12.3 Å². The molecule has 2 N–H and O–H groups in total. The van der Waals surface area contributed by atoms with Crippen LogP contribution in [0.15, 0.2) is 35.0 Å². The van der Waals surface area contributed by atoms with Gasteiger partial charge in [0.25, 0.3) is 0 Å². The van der Waals surface area contributed by atoms with Crippen molar-refractivity contribution in [2.45, 2.75) is 0 Å². The number of anilines is 1. The Kier molecular flexibility index (Phi) is 2.10. The zero-order valence-electron chi connectivity index (χ0n) is 7.73. The van der Waals surface area contributed by atoms with Gasteiger partial charge in [0.15, 0.2) is 0 Å². The molecule has 0 aliphatic heterocycles. The Balaban J connectivity index is 2.56. The first-order valence-corrected chi connectivity index (χ1v) is 4.16. The van der Waals surface area contributed by atoms with E-state index in [1.165, 1.54) is 0 Å². The van der Waals surface area contributed by atoms with E-state index in [0.29, 0.717) is 5.88 Å². The summed E-state index contributed by atoms with van der Waals surface area (Å²) in [5.41, 5.74) is 7.25. The van der Waals surface area contributed by atoms with Crippen LogP contribution < -0.4 is 10.5 Å². The predicted octanol–water partition coefficient (Wildman–Crippen LogP) is 1.93. The van der Waals surface area contributed by atoms with Gasteiger partial charge >= 0.3 is 0 Å². The maximum absolute atomic E-state index is 5.61. The van der Waals surface area contributed by atoms with E-state index >= 15 is 0 Å². The molecule has 4 heteroatoms. The van der Waals surface area contributed by atoms with E-state index in [0.717, 1.165) is 16.9 Å². The summed E-state index contributed by atoms with van der Waals surface area (Å²) in [7, 11) is 1.61. The van der Waals surface area contributed by atoms with Gasteiger partial charge in [-0.2, -0.15) is 0 Å². The van der Waals surface area contributed by atoms with Crippen molar-refractivity contribution >= 4 is 5.88 Å². The molecule has 0 saturated heterocycles. The van der Waals surface area contributed by atoms with E-state index in [-0.39, 0.29) is 0 Å². The highest BCUT2D eigenvalue weighted by Crippen LogP contribution is 2.32. The van der Waals surface area contributed by atoms with E-state index < -0.39 is 0 Å². The third-order valence-corrected chi connectivity index (χ3v) is 2.00. The van der Waals surface area contributed by atoms with Gasteiger partial charge in [0.1, 0.15) is 5.75 Å². The minimum Gasteiger partial charge on any atom is -0.496 e. The summed E-state index contributed by atoms with van der Waals surface area (Å²) in [6, 6.07) is 7.57. The highest BCUT2D eigenvalue weighted by Gasteiger charge is 2.10. The molecule has 0 unspecified atom stereocenters. The number of methoxy groups -OCH3 is 1. The summed E-state index contributed by atoms with van der Waals surface area (Å²) >= 11 is 0. The number of ether oxygens (including phenoxy) is 1. The molecule has 1 aromatic carbocycles. The maximum Gasteiger partial charge on any atom is 0.230 e.